The quantitative estimate of drug-likeness (QED) is 0.785. The Morgan fingerprint density at radius 3 is 2.72 bits per heavy atom. The van der Waals surface area contributed by atoms with Gasteiger partial charge >= 0.3 is 5.97 Å². The molecule has 0 amide bonds. The average molecular weight is 359 g/mol. The molecule has 0 radical (unpaired) electrons. The molecule has 6 heteroatoms. The third kappa shape index (κ3) is 3.25. The van der Waals surface area contributed by atoms with Gasteiger partial charge in [0.1, 0.15) is 12.5 Å². The maximum Gasteiger partial charge on any atom is 0.310 e. The molecule has 5 nitrogen and oxygen atoms in total. The van der Waals surface area contributed by atoms with E-state index in [9.17, 15) is 4.79 Å². The van der Waals surface area contributed by atoms with Crippen LogP contribution in [0.4, 0.5) is 5.82 Å². The summed E-state index contributed by atoms with van der Waals surface area (Å²) in [6, 6.07) is 8.39. The molecule has 3 atom stereocenters. The molecule has 0 bridgehead atoms. The van der Waals surface area contributed by atoms with Crippen molar-refractivity contribution >= 4 is 33.4 Å². The van der Waals surface area contributed by atoms with Crippen molar-refractivity contribution in [3.8, 4) is 0 Å². The lowest BCUT2D eigenvalue weighted by Gasteiger charge is -2.39. The summed E-state index contributed by atoms with van der Waals surface area (Å²) >= 11 is 1.56. The maximum absolute atomic E-state index is 12.2. The minimum Gasteiger partial charge on any atom is -0.449 e. The Bertz CT molecular complexity index is 754. The number of ether oxygens (including phenoxy) is 1. The van der Waals surface area contributed by atoms with E-state index in [-0.39, 0.29) is 11.9 Å². The number of hydrogen-bond donors (Lipinski definition) is 0. The van der Waals surface area contributed by atoms with Crippen LogP contribution in [0.1, 0.15) is 20.3 Å². The summed E-state index contributed by atoms with van der Waals surface area (Å²) in [5.74, 6) is 2.29. The van der Waals surface area contributed by atoms with Crippen molar-refractivity contribution in [1.29, 1.82) is 0 Å². The van der Waals surface area contributed by atoms with Crippen LogP contribution in [0.2, 0.25) is 0 Å². The molecule has 2 aromatic rings. The number of nitrogens with zero attached hydrogens (tertiary/aromatic N) is 3. The van der Waals surface area contributed by atoms with Crippen LogP contribution in [0.25, 0.3) is 10.1 Å². The van der Waals surface area contributed by atoms with Gasteiger partial charge in [-0.15, -0.1) is 0 Å². The van der Waals surface area contributed by atoms with Gasteiger partial charge in [-0.2, -0.15) is 4.37 Å². The van der Waals surface area contributed by atoms with Gasteiger partial charge in [-0.1, -0.05) is 26.0 Å². The molecule has 3 unspecified atom stereocenters. The SMILES string of the molecule is CC1CC(C(=O)OCN2CCN(c3nsc4ccccc34)CC2)C1C. The van der Waals surface area contributed by atoms with Gasteiger partial charge in [0.25, 0.3) is 0 Å². The van der Waals surface area contributed by atoms with Gasteiger partial charge in [0.15, 0.2) is 0 Å². The van der Waals surface area contributed by atoms with Crippen molar-refractivity contribution in [2.75, 3.05) is 37.8 Å². The van der Waals surface area contributed by atoms with Crippen molar-refractivity contribution in [3.63, 3.8) is 0 Å². The molecule has 0 N–H and O–H groups in total. The topological polar surface area (TPSA) is 45.7 Å². The standard InChI is InChI=1S/C19H25N3O2S/c1-13-11-16(14(13)2)19(23)24-12-21-7-9-22(10-8-21)18-15-5-3-4-6-17(15)25-20-18/h3-6,13-14,16H,7-12H2,1-2H3. The van der Waals surface area contributed by atoms with Gasteiger partial charge in [-0.25, -0.2) is 0 Å². The first-order chi connectivity index (χ1) is 12.1. The summed E-state index contributed by atoms with van der Waals surface area (Å²) in [4.78, 5) is 16.7. The first-order valence-electron chi connectivity index (χ1n) is 9.12. The summed E-state index contributed by atoms with van der Waals surface area (Å²) in [5, 5.41) is 1.24. The van der Waals surface area contributed by atoms with Crippen LogP contribution in [0.3, 0.4) is 0 Å². The number of piperazine rings is 1. The van der Waals surface area contributed by atoms with Crippen LogP contribution in [0.15, 0.2) is 24.3 Å². The molecule has 25 heavy (non-hydrogen) atoms. The molecule has 1 aromatic heterocycles. The van der Waals surface area contributed by atoms with E-state index in [1.54, 1.807) is 11.5 Å². The van der Waals surface area contributed by atoms with Crippen LogP contribution in [-0.4, -0.2) is 48.2 Å². The van der Waals surface area contributed by atoms with E-state index in [2.05, 4.69) is 52.3 Å². The molecule has 1 saturated carbocycles. The smallest absolute Gasteiger partial charge is 0.310 e. The Kier molecular flexibility index (Phi) is 4.65. The normalized spacial score (nSPS) is 27.3. The number of carbonyl (C=O) groups is 1. The highest BCUT2D eigenvalue weighted by Gasteiger charge is 2.40. The van der Waals surface area contributed by atoms with Gasteiger partial charge in [0.05, 0.1) is 10.6 Å². The van der Waals surface area contributed by atoms with E-state index in [0.717, 1.165) is 38.4 Å². The summed E-state index contributed by atoms with van der Waals surface area (Å²) in [6.45, 7) is 8.41. The minimum absolute atomic E-state index is 0.0153. The maximum atomic E-state index is 12.2. The van der Waals surface area contributed by atoms with Crippen LogP contribution >= 0.6 is 11.5 Å². The molecule has 0 spiro atoms. The number of aromatic nitrogens is 1. The summed E-state index contributed by atoms with van der Waals surface area (Å²) in [7, 11) is 0. The van der Waals surface area contributed by atoms with Gasteiger partial charge in [0, 0.05) is 31.6 Å². The van der Waals surface area contributed by atoms with E-state index in [0.29, 0.717) is 18.6 Å². The van der Waals surface area contributed by atoms with E-state index in [4.69, 9.17) is 4.74 Å². The zero-order valence-electron chi connectivity index (χ0n) is 14.9. The highest BCUT2D eigenvalue weighted by molar-refractivity contribution is 7.13. The van der Waals surface area contributed by atoms with Crippen molar-refractivity contribution in [2.45, 2.75) is 20.3 Å². The third-order valence-corrected chi connectivity index (χ3v) is 6.70. The molecular weight excluding hydrogens is 334 g/mol. The molecule has 2 aliphatic rings. The summed E-state index contributed by atoms with van der Waals surface area (Å²) in [6.07, 6.45) is 0.977. The van der Waals surface area contributed by atoms with Crippen molar-refractivity contribution in [1.82, 2.24) is 9.27 Å². The molecule has 2 heterocycles. The summed E-state index contributed by atoms with van der Waals surface area (Å²) in [5.41, 5.74) is 0. The first kappa shape index (κ1) is 16.8. The zero-order chi connectivity index (χ0) is 17.4. The predicted molar refractivity (Wildman–Crippen MR) is 101 cm³/mol. The van der Waals surface area contributed by atoms with Crippen molar-refractivity contribution in [2.24, 2.45) is 17.8 Å². The fourth-order valence-electron chi connectivity index (χ4n) is 3.79. The Balaban J connectivity index is 1.28. The zero-order valence-corrected chi connectivity index (χ0v) is 15.7. The number of carbonyl (C=O) groups excluding carboxylic acids is 1. The fourth-order valence-corrected chi connectivity index (χ4v) is 4.59. The second-order valence-electron chi connectivity index (χ2n) is 7.38. The molecular formula is C19H25N3O2S. The van der Waals surface area contributed by atoms with Crippen molar-refractivity contribution < 1.29 is 9.53 Å². The Hall–Kier alpha value is -1.66. The second kappa shape index (κ2) is 6.92. The molecule has 1 aliphatic carbocycles. The van der Waals surface area contributed by atoms with E-state index >= 15 is 0 Å². The van der Waals surface area contributed by atoms with Crippen LogP contribution in [0, 0.1) is 17.8 Å². The monoisotopic (exact) mass is 359 g/mol. The minimum atomic E-state index is -0.0153. The van der Waals surface area contributed by atoms with Gasteiger partial charge in [-0.05, 0) is 41.9 Å². The largest absolute Gasteiger partial charge is 0.449 e. The first-order valence-corrected chi connectivity index (χ1v) is 9.89. The van der Waals surface area contributed by atoms with Gasteiger partial charge in [-0.3, -0.25) is 9.69 Å². The average Bonchev–Trinajstić information content (AvgIpc) is 3.08. The van der Waals surface area contributed by atoms with Crippen molar-refractivity contribution in [3.05, 3.63) is 24.3 Å². The Labute approximate surface area is 152 Å². The van der Waals surface area contributed by atoms with Gasteiger partial charge < -0.3 is 9.64 Å². The molecule has 1 saturated heterocycles. The molecule has 1 aliphatic heterocycles. The molecule has 4 rings (SSSR count). The fraction of sp³-hybridized carbons (Fsp3) is 0.579. The van der Waals surface area contributed by atoms with Gasteiger partial charge in [0.2, 0.25) is 0 Å². The predicted octanol–water partition coefficient (Wildman–Crippen LogP) is 3.21. The number of hydrogen-bond acceptors (Lipinski definition) is 6. The lowest BCUT2D eigenvalue weighted by Crippen LogP contribution is -2.48. The highest BCUT2D eigenvalue weighted by atomic mass is 32.1. The second-order valence-corrected chi connectivity index (χ2v) is 8.18. The number of fused-ring (bicyclic) bond motifs is 1. The lowest BCUT2D eigenvalue weighted by molar-refractivity contribution is -0.162. The highest BCUT2D eigenvalue weighted by Crippen LogP contribution is 2.40. The number of esters is 1. The lowest BCUT2D eigenvalue weighted by atomic mass is 9.67. The summed E-state index contributed by atoms with van der Waals surface area (Å²) < 4.78 is 11.4. The molecule has 134 valence electrons. The van der Waals surface area contributed by atoms with E-state index in [1.807, 2.05) is 0 Å². The van der Waals surface area contributed by atoms with Crippen LogP contribution in [0.5, 0.6) is 0 Å². The number of benzene rings is 1. The van der Waals surface area contributed by atoms with Crippen LogP contribution < -0.4 is 4.90 Å². The van der Waals surface area contributed by atoms with Crippen LogP contribution in [-0.2, 0) is 9.53 Å². The Morgan fingerprint density at radius 2 is 2.00 bits per heavy atom. The third-order valence-electron chi connectivity index (χ3n) is 5.88. The number of anilines is 1. The van der Waals surface area contributed by atoms with E-state index in [1.165, 1.54) is 10.1 Å². The number of rotatable bonds is 4. The Morgan fingerprint density at radius 1 is 1.24 bits per heavy atom. The molecule has 2 fully saturated rings. The van der Waals surface area contributed by atoms with E-state index < -0.39 is 0 Å². The molecule has 1 aromatic carbocycles.